The van der Waals surface area contributed by atoms with Gasteiger partial charge in [-0.05, 0) is 44.9 Å². The van der Waals surface area contributed by atoms with E-state index in [2.05, 4.69) is 64.8 Å². The Morgan fingerprint density at radius 3 is 1.74 bits per heavy atom. The lowest BCUT2D eigenvalue weighted by atomic mass is 10.1. The fraction of sp³-hybridized carbons (Fsp3) is 0.643. The molecule has 0 rings (SSSR count). The molecule has 3 unspecified atom stereocenters. The van der Waals surface area contributed by atoms with Gasteiger partial charge in [0.25, 0.3) is 0 Å². The molecule has 0 heterocycles. The number of allylic oxidation sites excluding steroid dienone is 8. The Morgan fingerprint density at radius 1 is 0.744 bits per heavy atom. The monoisotopic (exact) mass is 574 g/mol. The van der Waals surface area contributed by atoms with Crippen LogP contribution in [0.2, 0.25) is 0 Å². The minimum atomic E-state index is -4.59. The van der Waals surface area contributed by atoms with E-state index in [1.54, 1.807) is 0 Å². The normalized spacial score (nSPS) is 15.3. The van der Waals surface area contributed by atoms with Crippen molar-refractivity contribution in [3.05, 3.63) is 48.6 Å². The van der Waals surface area contributed by atoms with E-state index in [4.69, 9.17) is 14.4 Å². The molecule has 0 aliphatic heterocycles. The summed E-state index contributed by atoms with van der Waals surface area (Å²) in [5.41, 5.74) is 0. The Bertz CT molecular complexity index is 806. The Morgan fingerprint density at radius 2 is 1.23 bits per heavy atom. The van der Waals surface area contributed by atoms with Crippen molar-refractivity contribution in [2.24, 2.45) is 0 Å². The zero-order chi connectivity index (χ0) is 29.2. The van der Waals surface area contributed by atoms with E-state index < -0.39 is 58.4 Å². The number of carbonyl (C=O) groups is 2. The number of esters is 2. The molecule has 0 aliphatic carbocycles. The summed E-state index contributed by atoms with van der Waals surface area (Å²) in [6.45, 7) is 0.887. The van der Waals surface area contributed by atoms with Gasteiger partial charge in [-0.1, -0.05) is 68.4 Å². The molecular weight excluding hydrogens is 527 g/mol. The van der Waals surface area contributed by atoms with E-state index in [1.165, 1.54) is 0 Å². The zero-order valence-electron chi connectivity index (χ0n) is 23.3. The van der Waals surface area contributed by atoms with Crippen LogP contribution in [0, 0.1) is 0 Å². The van der Waals surface area contributed by atoms with Crippen molar-refractivity contribution in [3.8, 4) is 0 Å². The smallest absolute Gasteiger partial charge is 0.458 e. The molecule has 39 heavy (non-hydrogen) atoms. The summed E-state index contributed by atoms with van der Waals surface area (Å²) >= 11 is 0. The van der Waals surface area contributed by atoms with Crippen molar-refractivity contribution in [1.82, 2.24) is 0 Å². The van der Waals surface area contributed by atoms with Gasteiger partial charge in [0.05, 0.1) is 26.4 Å². The summed E-state index contributed by atoms with van der Waals surface area (Å²) in [6.07, 6.45) is 23.6. The van der Waals surface area contributed by atoms with Gasteiger partial charge < -0.3 is 24.6 Å². The first-order valence-electron chi connectivity index (χ1n) is 13.5. The molecule has 11 heteroatoms. The van der Waals surface area contributed by atoms with Crippen molar-refractivity contribution in [3.63, 3.8) is 0 Å². The molecule has 0 aliphatic rings. The van der Waals surface area contributed by atoms with Crippen LogP contribution < -0.4 is 0 Å². The lowest BCUT2D eigenvalue weighted by Gasteiger charge is -2.20. The topological polar surface area (TPSA) is 149 Å². The Hall–Kier alpha value is -2.07. The van der Waals surface area contributed by atoms with E-state index in [1.807, 2.05) is 0 Å². The Kier molecular flexibility index (Phi) is 23.6. The second-order valence-electron chi connectivity index (χ2n) is 8.72. The first kappa shape index (κ1) is 36.9. The van der Waals surface area contributed by atoms with E-state index in [9.17, 15) is 24.2 Å². The van der Waals surface area contributed by atoms with Crippen LogP contribution in [0.5, 0.6) is 0 Å². The largest absolute Gasteiger partial charge is 0.472 e. The molecule has 0 saturated carbocycles. The molecule has 3 N–H and O–H groups in total. The Labute approximate surface area is 233 Å². The van der Waals surface area contributed by atoms with E-state index >= 15 is 0 Å². The second-order valence-corrected chi connectivity index (χ2v) is 10.2. The van der Waals surface area contributed by atoms with Crippen LogP contribution in [0.3, 0.4) is 0 Å². The number of rotatable bonds is 24. The van der Waals surface area contributed by atoms with Gasteiger partial charge in [-0.2, -0.15) is 0 Å². The van der Waals surface area contributed by atoms with Crippen molar-refractivity contribution in [1.29, 1.82) is 0 Å². The molecule has 3 atom stereocenters. The maximum Gasteiger partial charge on any atom is 0.472 e. The van der Waals surface area contributed by atoms with Crippen molar-refractivity contribution >= 4 is 19.8 Å². The van der Waals surface area contributed by atoms with Crippen LogP contribution in [0.4, 0.5) is 0 Å². The lowest BCUT2D eigenvalue weighted by molar-refractivity contribution is -0.153. The number of unbranched alkanes of at least 4 members (excludes halogenated alkanes) is 4. The molecule has 0 saturated heterocycles. The highest BCUT2D eigenvalue weighted by atomic mass is 31.2. The number of ether oxygens (including phenoxy) is 2. The predicted octanol–water partition coefficient (Wildman–Crippen LogP) is 5.09. The second kappa shape index (κ2) is 24.9. The molecule has 0 radical (unpaired) electrons. The SMILES string of the molecule is CC/C=C\C/C=C\C/C=C\C/C=C\CCCCCCC(=O)OC(CO)COP(=O)(O)OCC(CO)OC(C)=O. The molecule has 224 valence electrons. The number of carbonyl (C=O) groups excluding carboxylic acids is 2. The highest BCUT2D eigenvalue weighted by Crippen LogP contribution is 2.43. The van der Waals surface area contributed by atoms with Crippen molar-refractivity contribution < 1.29 is 47.8 Å². The van der Waals surface area contributed by atoms with E-state index in [0.29, 0.717) is 6.42 Å². The van der Waals surface area contributed by atoms with Crippen LogP contribution in [0.15, 0.2) is 48.6 Å². The lowest BCUT2D eigenvalue weighted by Crippen LogP contribution is -2.28. The number of aliphatic hydroxyl groups is 2. The van der Waals surface area contributed by atoms with E-state index in [-0.39, 0.29) is 6.42 Å². The third-order valence-electron chi connectivity index (χ3n) is 5.11. The number of hydrogen-bond donors (Lipinski definition) is 3. The molecule has 0 fully saturated rings. The molecule has 0 amide bonds. The standard InChI is InChI=1S/C28H47O10P/c1-3-4-5-6-7-8-9-10-11-12-13-14-15-16-17-18-19-20-28(32)38-27(22-30)24-36-39(33,34)35-23-26(21-29)37-25(2)31/h4-5,7-8,10-11,13-14,26-27,29-30H,3,6,9,12,15-24H2,1-2H3,(H,33,34)/b5-4-,8-7-,11-10-,14-13-. The number of hydrogen-bond acceptors (Lipinski definition) is 9. The maximum atomic E-state index is 12.0. The van der Waals surface area contributed by atoms with Gasteiger partial charge in [0.1, 0.15) is 12.2 Å². The average molecular weight is 575 g/mol. The van der Waals surface area contributed by atoms with Gasteiger partial charge in [-0.25, -0.2) is 4.57 Å². The molecule has 0 bridgehead atoms. The van der Waals surface area contributed by atoms with Crippen LogP contribution in [0.25, 0.3) is 0 Å². The zero-order valence-corrected chi connectivity index (χ0v) is 24.2. The molecule has 0 spiro atoms. The summed E-state index contributed by atoms with van der Waals surface area (Å²) in [6, 6.07) is 0. The van der Waals surface area contributed by atoms with Crippen LogP contribution in [-0.4, -0.2) is 65.7 Å². The third-order valence-corrected chi connectivity index (χ3v) is 6.06. The van der Waals surface area contributed by atoms with Crippen LogP contribution in [-0.2, 0) is 32.7 Å². The first-order chi connectivity index (χ1) is 18.7. The maximum absolute atomic E-state index is 12.0. The Balaban J connectivity index is 3.93. The average Bonchev–Trinajstić information content (AvgIpc) is 2.90. The van der Waals surface area contributed by atoms with Gasteiger partial charge in [0.2, 0.25) is 0 Å². The fourth-order valence-corrected chi connectivity index (χ4v) is 3.89. The van der Waals surface area contributed by atoms with Gasteiger partial charge in [-0.3, -0.25) is 18.6 Å². The predicted molar refractivity (Wildman–Crippen MR) is 150 cm³/mol. The molecule has 10 nitrogen and oxygen atoms in total. The van der Waals surface area contributed by atoms with Crippen LogP contribution >= 0.6 is 7.82 Å². The van der Waals surface area contributed by atoms with E-state index in [0.717, 1.165) is 58.3 Å². The minimum absolute atomic E-state index is 0.161. The van der Waals surface area contributed by atoms with Crippen molar-refractivity contribution in [2.75, 3.05) is 26.4 Å². The summed E-state index contributed by atoms with van der Waals surface area (Å²) in [4.78, 5) is 32.6. The molecular formula is C28H47O10P. The van der Waals surface area contributed by atoms with Gasteiger partial charge in [0, 0.05) is 13.3 Å². The summed E-state index contributed by atoms with van der Waals surface area (Å²) < 4.78 is 31.1. The number of phosphoric ester groups is 1. The minimum Gasteiger partial charge on any atom is -0.458 e. The summed E-state index contributed by atoms with van der Waals surface area (Å²) in [5.74, 6) is -1.23. The van der Waals surface area contributed by atoms with Gasteiger partial charge >= 0.3 is 19.8 Å². The number of aliphatic hydroxyl groups excluding tert-OH is 2. The molecule has 0 aromatic carbocycles. The third kappa shape index (κ3) is 24.7. The quantitative estimate of drug-likeness (QED) is 0.0616. The highest BCUT2D eigenvalue weighted by Gasteiger charge is 2.27. The summed E-state index contributed by atoms with van der Waals surface area (Å²) in [5, 5.41) is 18.4. The highest BCUT2D eigenvalue weighted by molar-refractivity contribution is 7.47. The number of phosphoric acid groups is 1. The van der Waals surface area contributed by atoms with Gasteiger partial charge in [-0.15, -0.1) is 0 Å². The van der Waals surface area contributed by atoms with Crippen molar-refractivity contribution in [2.45, 2.75) is 90.3 Å². The first-order valence-corrected chi connectivity index (χ1v) is 15.0. The van der Waals surface area contributed by atoms with Crippen LogP contribution in [0.1, 0.15) is 78.1 Å². The van der Waals surface area contributed by atoms with Gasteiger partial charge in [0.15, 0.2) is 0 Å². The molecule has 0 aromatic rings. The summed E-state index contributed by atoms with van der Waals surface area (Å²) in [7, 11) is -4.59. The fourth-order valence-electron chi connectivity index (χ4n) is 3.10. The molecule has 0 aromatic heterocycles.